The van der Waals surface area contributed by atoms with E-state index in [9.17, 15) is 14.4 Å². The molecule has 4 rings (SSSR count). The second-order valence-corrected chi connectivity index (χ2v) is 7.36. The summed E-state index contributed by atoms with van der Waals surface area (Å²) in [6.07, 6.45) is 1.07. The van der Waals surface area contributed by atoms with Crippen molar-refractivity contribution < 1.29 is 24.2 Å². The molecule has 1 aromatic carbocycles. The van der Waals surface area contributed by atoms with Crippen molar-refractivity contribution in [2.24, 2.45) is 5.92 Å². The first kappa shape index (κ1) is 17.2. The van der Waals surface area contributed by atoms with Gasteiger partial charge in [-0.25, -0.2) is 0 Å². The lowest BCUT2D eigenvalue weighted by Crippen LogP contribution is -2.47. The summed E-state index contributed by atoms with van der Waals surface area (Å²) in [6.45, 7) is 2.57. The minimum atomic E-state index is -0.858. The molecule has 1 aromatic rings. The Morgan fingerprint density at radius 3 is 2.81 bits per heavy atom. The highest BCUT2D eigenvalue weighted by molar-refractivity contribution is 6.05. The highest BCUT2D eigenvalue weighted by Crippen LogP contribution is 2.28. The van der Waals surface area contributed by atoms with Crippen LogP contribution in [0.25, 0.3) is 0 Å². The average molecular weight is 358 g/mol. The number of rotatable bonds is 3. The molecule has 2 atom stereocenters. The predicted octanol–water partition coefficient (Wildman–Crippen LogP) is 0.673. The molecule has 0 unspecified atom stereocenters. The third kappa shape index (κ3) is 3.12. The Morgan fingerprint density at radius 1 is 1.15 bits per heavy atom. The summed E-state index contributed by atoms with van der Waals surface area (Å²) in [5.74, 6) is -0.748. The number of Topliss-reactive ketones (excluding diaryl/α,β-unsaturated/α-hetero) is 1. The van der Waals surface area contributed by atoms with Crippen molar-refractivity contribution in [2.75, 3.05) is 39.4 Å². The van der Waals surface area contributed by atoms with Gasteiger partial charge in [-0.05, 0) is 18.1 Å². The lowest BCUT2D eigenvalue weighted by Gasteiger charge is -2.31. The molecule has 2 saturated heterocycles. The van der Waals surface area contributed by atoms with E-state index >= 15 is 0 Å². The normalized spacial score (nSPS) is 25.7. The highest BCUT2D eigenvalue weighted by Gasteiger charge is 2.37. The fourth-order valence-electron chi connectivity index (χ4n) is 4.35. The Hall–Kier alpha value is -2.25. The summed E-state index contributed by atoms with van der Waals surface area (Å²) in [4.78, 5) is 40.1. The van der Waals surface area contributed by atoms with E-state index in [-0.39, 0.29) is 30.2 Å². The van der Waals surface area contributed by atoms with E-state index < -0.39 is 5.97 Å². The number of ketones is 1. The monoisotopic (exact) mass is 358 g/mol. The topological polar surface area (TPSA) is 87.2 Å². The van der Waals surface area contributed by atoms with Gasteiger partial charge < -0.3 is 14.7 Å². The fraction of sp³-hybridized carbons (Fsp3) is 0.526. The molecule has 7 heteroatoms. The van der Waals surface area contributed by atoms with E-state index in [0.29, 0.717) is 56.8 Å². The number of carboxylic acid groups (broad SMARTS) is 1. The molecule has 26 heavy (non-hydrogen) atoms. The summed E-state index contributed by atoms with van der Waals surface area (Å²) < 4.78 is 5.72. The number of hydrogen-bond donors (Lipinski definition) is 1. The van der Waals surface area contributed by atoms with Crippen molar-refractivity contribution >= 4 is 17.7 Å². The second kappa shape index (κ2) is 6.81. The maximum atomic E-state index is 13.3. The summed E-state index contributed by atoms with van der Waals surface area (Å²) in [5, 5.41) is 9.12. The zero-order valence-corrected chi connectivity index (χ0v) is 14.5. The van der Waals surface area contributed by atoms with Crippen molar-refractivity contribution in [1.82, 2.24) is 9.80 Å². The molecule has 2 aliphatic heterocycles. The molecule has 0 radical (unpaired) electrons. The van der Waals surface area contributed by atoms with Gasteiger partial charge in [0.2, 0.25) is 0 Å². The van der Waals surface area contributed by atoms with Gasteiger partial charge in [-0.2, -0.15) is 0 Å². The molecule has 3 aliphatic rings. The molecule has 0 saturated carbocycles. The van der Waals surface area contributed by atoms with E-state index in [1.807, 2.05) is 9.80 Å². The molecular weight excluding hydrogens is 336 g/mol. The first-order valence-corrected chi connectivity index (χ1v) is 9.01. The van der Waals surface area contributed by atoms with Crippen LogP contribution in [-0.2, 0) is 16.0 Å². The number of carbonyl (C=O) groups is 3. The van der Waals surface area contributed by atoms with Gasteiger partial charge in [-0.3, -0.25) is 19.3 Å². The van der Waals surface area contributed by atoms with Gasteiger partial charge in [-0.1, -0.05) is 12.1 Å². The van der Waals surface area contributed by atoms with E-state index in [2.05, 4.69) is 0 Å². The molecule has 2 heterocycles. The smallest absolute Gasteiger partial charge is 0.317 e. The first-order chi connectivity index (χ1) is 12.5. The number of amides is 1. The van der Waals surface area contributed by atoms with E-state index in [1.54, 1.807) is 18.2 Å². The van der Waals surface area contributed by atoms with Crippen LogP contribution in [0.2, 0.25) is 0 Å². The zero-order valence-electron chi connectivity index (χ0n) is 14.5. The Bertz CT molecular complexity index is 762. The quantitative estimate of drug-likeness (QED) is 0.855. The number of carboxylic acids is 1. The number of hydrogen-bond acceptors (Lipinski definition) is 5. The van der Waals surface area contributed by atoms with Gasteiger partial charge in [0.05, 0.1) is 25.8 Å². The van der Waals surface area contributed by atoms with Crippen LogP contribution in [0.15, 0.2) is 18.2 Å². The van der Waals surface area contributed by atoms with Gasteiger partial charge >= 0.3 is 5.97 Å². The predicted molar refractivity (Wildman–Crippen MR) is 92.3 cm³/mol. The van der Waals surface area contributed by atoms with Crippen LogP contribution in [0.1, 0.15) is 32.7 Å². The number of ether oxygens (including phenoxy) is 1. The van der Waals surface area contributed by atoms with Gasteiger partial charge in [0.1, 0.15) is 0 Å². The summed E-state index contributed by atoms with van der Waals surface area (Å²) in [6, 6.07) is 5.18. The van der Waals surface area contributed by atoms with Crippen molar-refractivity contribution in [3.63, 3.8) is 0 Å². The summed E-state index contributed by atoms with van der Waals surface area (Å²) in [7, 11) is 0. The van der Waals surface area contributed by atoms with Crippen molar-refractivity contribution in [3.05, 3.63) is 34.9 Å². The minimum absolute atomic E-state index is 0.0235. The number of fused-ring (bicyclic) bond motifs is 4. The maximum absolute atomic E-state index is 13.3. The largest absolute Gasteiger partial charge is 0.480 e. The van der Waals surface area contributed by atoms with Gasteiger partial charge in [0, 0.05) is 43.1 Å². The van der Waals surface area contributed by atoms with Crippen LogP contribution >= 0.6 is 0 Å². The Morgan fingerprint density at radius 2 is 2.00 bits per heavy atom. The fourth-order valence-corrected chi connectivity index (χ4v) is 4.35. The standard InChI is InChI=1S/C19H22N2O5/c22-17-5-4-14-15(17)2-1-3-16(14)19(25)21-7-12-6-20(9-18(23)24)8-13(21)11-26-10-12/h1-3,12-13H,4-11H2,(H,23,24)/t12-,13-/m0/s1. The van der Waals surface area contributed by atoms with E-state index in [0.717, 1.165) is 5.56 Å². The van der Waals surface area contributed by atoms with Crippen LogP contribution in [0, 0.1) is 5.92 Å². The van der Waals surface area contributed by atoms with Crippen molar-refractivity contribution in [1.29, 1.82) is 0 Å². The van der Waals surface area contributed by atoms with E-state index in [4.69, 9.17) is 9.84 Å². The number of benzene rings is 1. The number of carbonyl (C=O) groups excluding carboxylic acids is 2. The highest BCUT2D eigenvalue weighted by atomic mass is 16.5. The number of nitrogens with zero attached hydrogens (tertiary/aromatic N) is 2. The van der Waals surface area contributed by atoms with Crippen LogP contribution in [0.3, 0.4) is 0 Å². The van der Waals surface area contributed by atoms with Crippen LogP contribution in [-0.4, -0.2) is 78.0 Å². The van der Waals surface area contributed by atoms with Gasteiger partial charge in [0.15, 0.2) is 5.78 Å². The van der Waals surface area contributed by atoms with Gasteiger partial charge in [-0.15, -0.1) is 0 Å². The Labute approximate surface area is 151 Å². The molecule has 138 valence electrons. The lowest BCUT2D eigenvalue weighted by molar-refractivity contribution is -0.138. The Balaban J connectivity index is 1.62. The molecule has 7 nitrogen and oxygen atoms in total. The van der Waals surface area contributed by atoms with Crippen LogP contribution in [0.4, 0.5) is 0 Å². The maximum Gasteiger partial charge on any atom is 0.317 e. The van der Waals surface area contributed by atoms with Crippen molar-refractivity contribution in [2.45, 2.75) is 18.9 Å². The van der Waals surface area contributed by atoms with Crippen molar-refractivity contribution in [3.8, 4) is 0 Å². The van der Waals surface area contributed by atoms with E-state index in [1.165, 1.54) is 0 Å². The molecule has 0 aromatic heterocycles. The third-order valence-electron chi connectivity index (χ3n) is 5.47. The number of aliphatic carboxylic acids is 1. The summed E-state index contributed by atoms with van der Waals surface area (Å²) >= 11 is 0. The molecule has 1 aliphatic carbocycles. The molecule has 1 amide bonds. The molecule has 2 fully saturated rings. The molecule has 0 spiro atoms. The minimum Gasteiger partial charge on any atom is -0.480 e. The van der Waals surface area contributed by atoms with Crippen LogP contribution < -0.4 is 0 Å². The lowest BCUT2D eigenvalue weighted by atomic mass is 10.0. The SMILES string of the molecule is O=C(O)CN1C[C@@H]2COC[C@H](C1)N(C(=O)c1cccc3c1CCC3=O)C2. The summed E-state index contributed by atoms with van der Waals surface area (Å²) in [5.41, 5.74) is 2.12. The Kier molecular flexibility index (Phi) is 4.50. The molecule has 2 bridgehead atoms. The third-order valence-corrected chi connectivity index (χ3v) is 5.47. The van der Waals surface area contributed by atoms with Gasteiger partial charge in [0.25, 0.3) is 5.91 Å². The zero-order chi connectivity index (χ0) is 18.3. The average Bonchev–Trinajstić information content (AvgIpc) is 2.77. The second-order valence-electron chi connectivity index (χ2n) is 7.36. The molecular formula is C19H22N2O5. The first-order valence-electron chi connectivity index (χ1n) is 9.01. The van der Waals surface area contributed by atoms with Crippen LogP contribution in [0.5, 0.6) is 0 Å². The molecule has 1 N–H and O–H groups in total.